The Kier molecular flexibility index (Phi) is 6.14. The lowest BCUT2D eigenvalue weighted by Gasteiger charge is -2.20. The summed E-state index contributed by atoms with van der Waals surface area (Å²) in [6.07, 6.45) is 5.27. The molecule has 0 bridgehead atoms. The zero-order chi connectivity index (χ0) is 17.7. The van der Waals surface area contributed by atoms with Gasteiger partial charge in [0.15, 0.2) is 0 Å². The summed E-state index contributed by atoms with van der Waals surface area (Å²) in [6.45, 7) is 4.12. The minimum atomic E-state index is -1.45. The molecule has 1 aromatic heterocycles. The summed E-state index contributed by atoms with van der Waals surface area (Å²) in [5.41, 5.74) is 1.35. The Hall–Kier alpha value is -2.15. The molecule has 1 N–H and O–H groups in total. The van der Waals surface area contributed by atoms with Gasteiger partial charge in [0.25, 0.3) is 0 Å². The molecule has 1 atom stereocenters. The van der Waals surface area contributed by atoms with E-state index in [9.17, 15) is 19.5 Å². The highest BCUT2D eigenvalue weighted by atomic mass is 32.1. The average molecular weight is 350 g/mol. The third-order valence-electron chi connectivity index (χ3n) is 4.03. The van der Waals surface area contributed by atoms with Gasteiger partial charge in [-0.05, 0) is 43.7 Å². The third-order valence-corrected chi connectivity index (χ3v) is 5.20. The first-order chi connectivity index (χ1) is 11.5. The average Bonchev–Trinajstić information content (AvgIpc) is 2.89. The van der Waals surface area contributed by atoms with Crippen molar-refractivity contribution in [2.75, 3.05) is 11.9 Å². The van der Waals surface area contributed by atoms with Crippen LogP contribution in [0.25, 0.3) is 0 Å². The first-order valence-electron chi connectivity index (χ1n) is 7.97. The molecule has 1 amide bonds. The van der Waals surface area contributed by atoms with Crippen LogP contribution in [-0.4, -0.2) is 24.5 Å². The van der Waals surface area contributed by atoms with Crippen LogP contribution in [0, 0.1) is 5.92 Å². The minimum absolute atomic E-state index is 0.249. The zero-order valence-electron chi connectivity index (χ0n) is 13.7. The Morgan fingerprint density at radius 3 is 2.71 bits per heavy atom. The van der Waals surface area contributed by atoms with Crippen molar-refractivity contribution in [3.8, 4) is 0 Å². The molecule has 0 radical (unpaired) electrons. The SMILES string of the molecule is CCOC(=O)c1c(NC(=O)/C=C/C(=O)[O-])sc2c1CC[C@@H](CC)C2. The summed E-state index contributed by atoms with van der Waals surface area (Å²) in [4.78, 5) is 35.6. The third kappa shape index (κ3) is 4.23. The molecule has 0 spiro atoms. The molecule has 1 aliphatic rings. The van der Waals surface area contributed by atoms with Gasteiger partial charge in [0, 0.05) is 11.0 Å². The van der Waals surface area contributed by atoms with Crippen LogP contribution < -0.4 is 10.4 Å². The number of amides is 1. The van der Waals surface area contributed by atoms with Crippen LogP contribution in [-0.2, 0) is 27.2 Å². The second-order valence-electron chi connectivity index (χ2n) is 5.59. The molecule has 0 saturated carbocycles. The van der Waals surface area contributed by atoms with E-state index >= 15 is 0 Å². The van der Waals surface area contributed by atoms with Gasteiger partial charge < -0.3 is 20.0 Å². The molecule has 7 heteroatoms. The number of fused-ring (bicyclic) bond motifs is 1. The largest absolute Gasteiger partial charge is 0.545 e. The number of hydrogen-bond donors (Lipinski definition) is 1. The van der Waals surface area contributed by atoms with Crippen LogP contribution in [0.3, 0.4) is 0 Å². The van der Waals surface area contributed by atoms with Crippen LogP contribution in [0.4, 0.5) is 5.00 Å². The number of carbonyl (C=O) groups is 3. The van der Waals surface area contributed by atoms with E-state index in [4.69, 9.17) is 4.74 Å². The monoisotopic (exact) mass is 350 g/mol. The molecule has 2 rings (SSSR count). The Balaban J connectivity index is 2.32. The molecule has 0 aliphatic heterocycles. The van der Waals surface area contributed by atoms with Gasteiger partial charge >= 0.3 is 5.97 Å². The van der Waals surface area contributed by atoms with Gasteiger partial charge in [-0.2, -0.15) is 0 Å². The lowest BCUT2D eigenvalue weighted by atomic mass is 9.85. The molecule has 1 aliphatic carbocycles. The molecule has 0 aromatic carbocycles. The number of carboxylic acids is 1. The van der Waals surface area contributed by atoms with Crippen molar-refractivity contribution in [3.63, 3.8) is 0 Å². The normalized spacial score (nSPS) is 16.7. The van der Waals surface area contributed by atoms with Gasteiger partial charge in [0.2, 0.25) is 5.91 Å². The maximum absolute atomic E-state index is 12.3. The van der Waals surface area contributed by atoms with E-state index < -0.39 is 17.8 Å². The smallest absolute Gasteiger partial charge is 0.341 e. The summed E-state index contributed by atoms with van der Waals surface area (Å²) in [5, 5.41) is 13.4. The standard InChI is InChI=1S/C17H21NO5S/c1-3-10-5-6-11-12(9-10)24-16(15(11)17(22)23-4-2)18-13(19)7-8-14(20)21/h7-8,10H,3-6,9H2,1-2H3,(H,18,19)(H,20,21)/p-1/b8-7+/t10-/m1/s1. The minimum Gasteiger partial charge on any atom is -0.545 e. The lowest BCUT2D eigenvalue weighted by Crippen LogP contribution is -2.20. The number of aliphatic carboxylic acids is 1. The van der Waals surface area contributed by atoms with Crippen molar-refractivity contribution in [2.45, 2.75) is 39.5 Å². The highest BCUT2D eigenvalue weighted by Crippen LogP contribution is 2.40. The number of thiophene rings is 1. The maximum atomic E-state index is 12.3. The fraction of sp³-hybridized carbons (Fsp3) is 0.471. The molecule has 24 heavy (non-hydrogen) atoms. The predicted molar refractivity (Wildman–Crippen MR) is 88.9 cm³/mol. The highest BCUT2D eigenvalue weighted by Gasteiger charge is 2.29. The molecule has 0 unspecified atom stereocenters. The molecule has 0 fully saturated rings. The molecule has 0 saturated heterocycles. The van der Waals surface area contributed by atoms with E-state index in [0.29, 0.717) is 22.6 Å². The van der Waals surface area contributed by atoms with Crippen LogP contribution in [0.5, 0.6) is 0 Å². The number of ether oxygens (including phenoxy) is 1. The summed E-state index contributed by atoms with van der Waals surface area (Å²) in [5.74, 6) is -1.95. The number of anilines is 1. The predicted octanol–water partition coefficient (Wildman–Crippen LogP) is 1.68. The van der Waals surface area contributed by atoms with Gasteiger partial charge in [0.1, 0.15) is 5.00 Å². The summed E-state index contributed by atoms with van der Waals surface area (Å²) < 4.78 is 5.12. The molecule has 1 aromatic rings. The van der Waals surface area contributed by atoms with E-state index in [-0.39, 0.29) is 6.61 Å². The fourth-order valence-electron chi connectivity index (χ4n) is 2.81. The second kappa shape index (κ2) is 8.10. The van der Waals surface area contributed by atoms with E-state index in [1.807, 2.05) is 0 Å². The number of carbonyl (C=O) groups excluding carboxylic acids is 3. The van der Waals surface area contributed by atoms with Crippen LogP contribution >= 0.6 is 11.3 Å². The molecular formula is C17H20NO5S-. The number of rotatable bonds is 6. The van der Waals surface area contributed by atoms with Crippen molar-refractivity contribution < 1.29 is 24.2 Å². The molecule has 6 nitrogen and oxygen atoms in total. The summed E-state index contributed by atoms with van der Waals surface area (Å²) >= 11 is 1.37. The van der Waals surface area contributed by atoms with E-state index in [1.165, 1.54) is 11.3 Å². The Morgan fingerprint density at radius 1 is 1.33 bits per heavy atom. The van der Waals surface area contributed by atoms with Gasteiger partial charge in [-0.25, -0.2) is 4.79 Å². The number of esters is 1. The van der Waals surface area contributed by atoms with Crippen molar-refractivity contribution in [3.05, 3.63) is 28.2 Å². The molecule has 1 heterocycles. The van der Waals surface area contributed by atoms with E-state index in [2.05, 4.69) is 12.2 Å². The number of nitrogens with one attached hydrogen (secondary N) is 1. The van der Waals surface area contributed by atoms with E-state index in [1.54, 1.807) is 6.92 Å². The quantitative estimate of drug-likeness (QED) is 0.622. The Bertz CT molecular complexity index is 677. The zero-order valence-corrected chi connectivity index (χ0v) is 14.5. The number of hydrogen-bond acceptors (Lipinski definition) is 6. The van der Waals surface area contributed by atoms with E-state index in [0.717, 1.165) is 42.2 Å². The van der Waals surface area contributed by atoms with Gasteiger partial charge in [-0.15, -0.1) is 11.3 Å². The first kappa shape index (κ1) is 18.2. The van der Waals surface area contributed by atoms with Crippen molar-refractivity contribution >= 4 is 34.2 Å². The van der Waals surface area contributed by atoms with Gasteiger partial charge in [-0.3, -0.25) is 4.79 Å². The molecular weight excluding hydrogens is 330 g/mol. The van der Waals surface area contributed by atoms with Crippen molar-refractivity contribution in [1.82, 2.24) is 0 Å². The van der Waals surface area contributed by atoms with Crippen LogP contribution in [0.1, 0.15) is 47.5 Å². The van der Waals surface area contributed by atoms with Crippen LogP contribution in [0.15, 0.2) is 12.2 Å². The maximum Gasteiger partial charge on any atom is 0.341 e. The Morgan fingerprint density at radius 2 is 2.08 bits per heavy atom. The lowest BCUT2D eigenvalue weighted by molar-refractivity contribution is -0.297. The highest BCUT2D eigenvalue weighted by molar-refractivity contribution is 7.17. The van der Waals surface area contributed by atoms with Crippen molar-refractivity contribution in [2.24, 2.45) is 5.92 Å². The molecule has 130 valence electrons. The Labute approximate surface area is 144 Å². The van der Waals surface area contributed by atoms with Crippen LogP contribution in [0.2, 0.25) is 0 Å². The first-order valence-corrected chi connectivity index (χ1v) is 8.79. The second-order valence-corrected chi connectivity index (χ2v) is 6.69. The van der Waals surface area contributed by atoms with Gasteiger partial charge in [0.05, 0.1) is 18.1 Å². The van der Waals surface area contributed by atoms with Gasteiger partial charge in [-0.1, -0.05) is 13.3 Å². The fourth-order valence-corrected chi connectivity index (χ4v) is 4.16. The summed E-state index contributed by atoms with van der Waals surface area (Å²) in [7, 11) is 0. The van der Waals surface area contributed by atoms with Crippen molar-refractivity contribution in [1.29, 1.82) is 0 Å². The summed E-state index contributed by atoms with van der Waals surface area (Å²) in [6, 6.07) is 0. The number of carboxylic acid groups (broad SMARTS) is 1. The topological polar surface area (TPSA) is 95.5 Å².